The third-order valence-electron chi connectivity index (χ3n) is 4.40. The normalized spacial score (nSPS) is 21.6. The highest BCUT2D eigenvalue weighted by Crippen LogP contribution is 2.25. The molecular weight excluding hydrogens is 382 g/mol. The summed E-state index contributed by atoms with van der Waals surface area (Å²) in [5, 5.41) is 1.58. The minimum atomic E-state index is -0.406. The predicted octanol–water partition coefficient (Wildman–Crippen LogP) is 2.38. The molecule has 2 fully saturated rings. The van der Waals surface area contributed by atoms with Crippen LogP contribution in [0.2, 0.25) is 0 Å². The molecule has 144 valence electrons. The largest absolute Gasteiger partial charge is 0.490 e. The summed E-state index contributed by atoms with van der Waals surface area (Å²) < 4.78 is 11.1. The number of rotatable bonds is 6. The molecule has 3 amide bonds. The molecule has 4 rings (SSSR count). The van der Waals surface area contributed by atoms with Crippen LogP contribution in [-0.2, 0) is 16.0 Å². The van der Waals surface area contributed by atoms with Gasteiger partial charge in [0.2, 0.25) is 5.91 Å². The van der Waals surface area contributed by atoms with Gasteiger partial charge in [0.1, 0.15) is 12.4 Å². The van der Waals surface area contributed by atoms with Crippen LogP contribution in [0.1, 0.15) is 5.56 Å². The number of carbonyl (C=O) groups excluding carboxylic acids is 3. The number of nitrogens with zero attached hydrogens (tertiary/aromatic N) is 2. The molecule has 1 N–H and O–H groups in total. The van der Waals surface area contributed by atoms with Crippen LogP contribution < -0.4 is 15.0 Å². The van der Waals surface area contributed by atoms with Gasteiger partial charge >= 0.3 is 6.09 Å². The van der Waals surface area contributed by atoms with Crippen molar-refractivity contribution < 1.29 is 23.9 Å². The highest BCUT2D eigenvalue weighted by atomic mass is 32.2. The van der Waals surface area contributed by atoms with Crippen molar-refractivity contribution in [2.75, 3.05) is 18.1 Å². The van der Waals surface area contributed by atoms with Crippen LogP contribution in [0.25, 0.3) is 0 Å². The maximum atomic E-state index is 12.0. The van der Waals surface area contributed by atoms with Gasteiger partial charge < -0.3 is 9.47 Å². The Morgan fingerprint density at radius 1 is 1.14 bits per heavy atom. The number of aromatic nitrogens is 1. The van der Waals surface area contributed by atoms with Gasteiger partial charge in [0, 0.05) is 12.4 Å². The van der Waals surface area contributed by atoms with Gasteiger partial charge in [-0.3, -0.25) is 24.8 Å². The van der Waals surface area contributed by atoms with E-state index in [9.17, 15) is 14.4 Å². The molecule has 2 unspecified atom stereocenters. The number of cyclic esters (lactones) is 1. The van der Waals surface area contributed by atoms with E-state index in [1.807, 2.05) is 12.1 Å². The molecule has 0 aliphatic carbocycles. The summed E-state index contributed by atoms with van der Waals surface area (Å²) in [7, 11) is 0. The summed E-state index contributed by atoms with van der Waals surface area (Å²) in [6, 6.07) is 10.8. The van der Waals surface area contributed by atoms with Crippen LogP contribution >= 0.6 is 11.8 Å². The first-order valence-corrected chi connectivity index (χ1v) is 9.58. The maximum absolute atomic E-state index is 12.0. The van der Waals surface area contributed by atoms with E-state index in [-0.39, 0.29) is 23.9 Å². The number of amides is 3. The van der Waals surface area contributed by atoms with E-state index < -0.39 is 11.3 Å². The fourth-order valence-corrected chi connectivity index (χ4v) is 3.86. The Bertz CT molecular complexity index is 890. The lowest BCUT2D eigenvalue weighted by molar-refractivity contribution is -0.118. The zero-order valence-corrected chi connectivity index (χ0v) is 15.6. The lowest BCUT2D eigenvalue weighted by Gasteiger charge is -2.13. The number of pyridine rings is 1. The predicted molar refractivity (Wildman–Crippen MR) is 102 cm³/mol. The number of imide groups is 1. The Kier molecular flexibility index (Phi) is 5.16. The minimum Gasteiger partial charge on any atom is -0.490 e. The Balaban J connectivity index is 1.29. The highest BCUT2D eigenvalue weighted by Gasteiger charge is 2.33. The summed E-state index contributed by atoms with van der Waals surface area (Å²) in [6.45, 7) is 0.644. The lowest BCUT2D eigenvalue weighted by Crippen LogP contribution is -2.26. The van der Waals surface area contributed by atoms with Crippen molar-refractivity contribution in [3.8, 4) is 5.75 Å². The first kappa shape index (κ1) is 18.3. The molecule has 0 radical (unpaired) electrons. The third-order valence-corrected chi connectivity index (χ3v) is 5.38. The number of anilines is 1. The first-order chi connectivity index (χ1) is 13.6. The van der Waals surface area contributed by atoms with Gasteiger partial charge in [-0.1, -0.05) is 23.9 Å². The van der Waals surface area contributed by atoms with Crippen molar-refractivity contribution in [3.63, 3.8) is 0 Å². The second kappa shape index (κ2) is 7.89. The van der Waals surface area contributed by atoms with E-state index in [0.717, 1.165) is 23.0 Å². The van der Waals surface area contributed by atoms with E-state index in [2.05, 4.69) is 10.3 Å². The van der Waals surface area contributed by atoms with Crippen molar-refractivity contribution in [1.29, 1.82) is 0 Å². The molecule has 9 heteroatoms. The molecule has 1 aromatic carbocycles. The van der Waals surface area contributed by atoms with Crippen molar-refractivity contribution in [3.05, 3.63) is 54.4 Å². The van der Waals surface area contributed by atoms with Gasteiger partial charge in [0.05, 0.1) is 17.5 Å². The van der Waals surface area contributed by atoms with Crippen LogP contribution in [0.4, 0.5) is 15.3 Å². The average Bonchev–Trinajstić information content (AvgIpc) is 3.23. The monoisotopic (exact) mass is 399 g/mol. The van der Waals surface area contributed by atoms with Crippen LogP contribution in [0, 0.1) is 0 Å². The van der Waals surface area contributed by atoms with Crippen LogP contribution in [0.5, 0.6) is 5.75 Å². The van der Waals surface area contributed by atoms with Gasteiger partial charge in [-0.2, -0.15) is 0 Å². The van der Waals surface area contributed by atoms with Crippen molar-refractivity contribution in [2.24, 2.45) is 0 Å². The molecule has 2 aliphatic heterocycles. The summed E-state index contributed by atoms with van der Waals surface area (Å²) in [6.07, 6.45) is 2.95. The summed E-state index contributed by atoms with van der Waals surface area (Å²) >= 11 is 1.01. The zero-order chi connectivity index (χ0) is 19.5. The maximum Gasteiger partial charge on any atom is 0.414 e. The van der Waals surface area contributed by atoms with Crippen LogP contribution in [0.3, 0.4) is 0 Å². The second-order valence-electron chi connectivity index (χ2n) is 6.36. The molecule has 0 spiro atoms. The molecule has 2 aliphatic rings. The SMILES string of the molecule is O=C1NC(=O)C(Cc2ccc(OCC3CN(c4ccncc4)C(=O)O3)cc2)S1. The van der Waals surface area contributed by atoms with Crippen molar-refractivity contribution >= 4 is 34.7 Å². The summed E-state index contributed by atoms with van der Waals surface area (Å²) in [5.41, 5.74) is 1.67. The van der Waals surface area contributed by atoms with Gasteiger partial charge in [0.25, 0.3) is 5.24 Å². The number of hydrogen-bond acceptors (Lipinski definition) is 7. The van der Waals surface area contributed by atoms with Crippen LogP contribution in [0.15, 0.2) is 48.8 Å². The summed E-state index contributed by atoms with van der Waals surface area (Å²) in [4.78, 5) is 40.4. The van der Waals surface area contributed by atoms with Gasteiger partial charge in [0.15, 0.2) is 6.10 Å². The fourth-order valence-electron chi connectivity index (χ4n) is 3.00. The first-order valence-electron chi connectivity index (χ1n) is 8.70. The fraction of sp³-hybridized carbons (Fsp3) is 0.263. The molecule has 3 heterocycles. The second-order valence-corrected chi connectivity index (χ2v) is 7.54. The average molecular weight is 399 g/mol. The van der Waals surface area contributed by atoms with E-state index in [1.54, 1.807) is 41.6 Å². The Morgan fingerprint density at radius 3 is 2.57 bits per heavy atom. The zero-order valence-electron chi connectivity index (χ0n) is 14.7. The number of nitrogens with one attached hydrogen (secondary N) is 1. The molecule has 0 saturated carbocycles. The standard InChI is InChI=1S/C19H17N3O5S/c23-17-16(28-18(24)21-17)9-12-1-3-14(4-2-12)26-11-15-10-22(19(25)27-15)13-5-7-20-8-6-13/h1-8,15-16H,9-11H2,(H,21,23,24). The Labute approximate surface area is 165 Å². The molecule has 0 bridgehead atoms. The van der Waals surface area contributed by atoms with E-state index in [1.165, 1.54) is 0 Å². The quantitative estimate of drug-likeness (QED) is 0.796. The van der Waals surface area contributed by atoms with E-state index in [4.69, 9.17) is 9.47 Å². The Morgan fingerprint density at radius 2 is 1.89 bits per heavy atom. The topological polar surface area (TPSA) is 97.8 Å². The van der Waals surface area contributed by atoms with Gasteiger partial charge in [-0.15, -0.1) is 0 Å². The molecule has 2 saturated heterocycles. The Hall–Kier alpha value is -3.07. The molecule has 1 aromatic heterocycles. The molecule has 8 nitrogen and oxygen atoms in total. The van der Waals surface area contributed by atoms with E-state index in [0.29, 0.717) is 18.7 Å². The number of ether oxygens (including phenoxy) is 2. The summed E-state index contributed by atoms with van der Waals surface area (Å²) in [5.74, 6) is 0.388. The molecule has 28 heavy (non-hydrogen) atoms. The highest BCUT2D eigenvalue weighted by molar-refractivity contribution is 8.15. The molecule has 2 atom stereocenters. The molecule has 2 aromatic rings. The smallest absolute Gasteiger partial charge is 0.414 e. The lowest BCUT2D eigenvalue weighted by atomic mass is 10.1. The third kappa shape index (κ3) is 4.09. The minimum absolute atomic E-state index is 0.238. The molecular formula is C19H17N3O5S. The number of benzene rings is 1. The van der Waals surface area contributed by atoms with E-state index >= 15 is 0 Å². The number of thioether (sulfide) groups is 1. The van der Waals surface area contributed by atoms with Crippen molar-refractivity contribution in [2.45, 2.75) is 17.8 Å². The van der Waals surface area contributed by atoms with Crippen molar-refractivity contribution in [1.82, 2.24) is 10.3 Å². The van der Waals surface area contributed by atoms with Gasteiger partial charge in [-0.05, 0) is 36.2 Å². The number of hydrogen-bond donors (Lipinski definition) is 1. The number of carbonyl (C=O) groups is 3. The van der Waals surface area contributed by atoms with Crippen LogP contribution in [-0.4, -0.2) is 46.7 Å². The van der Waals surface area contributed by atoms with Gasteiger partial charge in [-0.25, -0.2) is 4.79 Å².